The Kier molecular flexibility index (Phi) is 7.60. The van der Waals surface area contributed by atoms with E-state index in [2.05, 4.69) is 17.1 Å². The van der Waals surface area contributed by atoms with E-state index in [0.29, 0.717) is 24.3 Å². The number of allylic oxidation sites excluding steroid dienone is 4. The Bertz CT molecular complexity index is 1360. The molecule has 2 aliphatic carbocycles. The lowest BCUT2D eigenvalue weighted by Crippen LogP contribution is -2.39. The maximum Gasteiger partial charge on any atom is 0.262 e. The molecule has 2 aromatic carbocycles. The molecule has 0 fully saturated rings. The summed E-state index contributed by atoms with van der Waals surface area (Å²) in [4.78, 5) is 41.5. The minimum absolute atomic E-state index is 0.118. The smallest absolute Gasteiger partial charge is 0.262 e. The molecule has 0 atom stereocenters. The summed E-state index contributed by atoms with van der Waals surface area (Å²) >= 11 is 0. The van der Waals surface area contributed by atoms with E-state index in [4.69, 9.17) is 9.47 Å². The fraction of sp³-hybridized carbons (Fsp3) is 0.406. The number of anilines is 1. The van der Waals surface area contributed by atoms with Gasteiger partial charge in [0, 0.05) is 53.5 Å². The lowest BCUT2D eigenvalue weighted by Gasteiger charge is -2.43. The standard InChI is InChI=1S/C32H36N2O5/c1-5-34-23-8-6-10-25(35)31(23)30(32-24(34)9-7-11-26(32)36)21-13-15-27(28(17-21)38-4)39-18-29(37)33-22-14-12-19(2)16-20(22)3/h12-17,30H,5-11,18H2,1-4H3,(H,33,37). The first-order valence-corrected chi connectivity index (χ1v) is 13.8. The van der Waals surface area contributed by atoms with Gasteiger partial charge in [-0.1, -0.05) is 23.8 Å². The van der Waals surface area contributed by atoms with Crippen molar-refractivity contribution < 1.29 is 23.9 Å². The molecule has 0 spiro atoms. The number of nitrogens with one attached hydrogen (secondary N) is 1. The van der Waals surface area contributed by atoms with Crippen molar-refractivity contribution in [2.75, 3.05) is 25.6 Å². The van der Waals surface area contributed by atoms with Crippen LogP contribution in [0, 0.1) is 13.8 Å². The van der Waals surface area contributed by atoms with Crippen LogP contribution >= 0.6 is 0 Å². The van der Waals surface area contributed by atoms with E-state index in [-0.39, 0.29) is 24.1 Å². The number of rotatable bonds is 7. The largest absolute Gasteiger partial charge is 0.493 e. The number of methoxy groups -OCH3 is 1. The quantitative estimate of drug-likeness (QED) is 0.492. The average Bonchev–Trinajstić information content (AvgIpc) is 2.92. The first-order valence-electron chi connectivity index (χ1n) is 13.8. The Morgan fingerprint density at radius 1 is 0.923 bits per heavy atom. The number of amides is 1. The van der Waals surface area contributed by atoms with E-state index in [0.717, 1.165) is 77.1 Å². The zero-order chi connectivity index (χ0) is 27.7. The van der Waals surface area contributed by atoms with Gasteiger partial charge in [0.2, 0.25) is 0 Å². The van der Waals surface area contributed by atoms with Gasteiger partial charge < -0.3 is 19.7 Å². The number of benzene rings is 2. The van der Waals surface area contributed by atoms with Crippen molar-refractivity contribution >= 4 is 23.2 Å². The van der Waals surface area contributed by atoms with Crippen LogP contribution in [0.5, 0.6) is 11.5 Å². The van der Waals surface area contributed by atoms with Gasteiger partial charge in [-0.3, -0.25) is 14.4 Å². The highest BCUT2D eigenvalue weighted by molar-refractivity contribution is 6.06. The monoisotopic (exact) mass is 528 g/mol. The van der Waals surface area contributed by atoms with Crippen molar-refractivity contribution in [2.24, 2.45) is 0 Å². The molecular formula is C32H36N2O5. The summed E-state index contributed by atoms with van der Waals surface area (Å²) in [6.07, 6.45) is 4.33. The molecule has 3 aliphatic rings. The van der Waals surface area contributed by atoms with Crippen LogP contribution < -0.4 is 14.8 Å². The van der Waals surface area contributed by atoms with Crippen LogP contribution in [0.1, 0.15) is 68.1 Å². The lowest BCUT2D eigenvalue weighted by atomic mass is 9.71. The lowest BCUT2D eigenvalue weighted by molar-refractivity contribution is -0.118. The molecule has 0 unspecified atom stereocenters. The third-order valence-corrected chi connectivity index (χ3v) is 7.94. The molecule has 1 amide bonds. The van der Waals surface area contributed by atoms with Crippen molar-refractivity contribution in [3.05, 3.63) is 75.6 Å². The van der Waals surface area contributed by atoms with Gasteiger partial charge in [-0.2, -0.15) is 0 Å². The molecule has 204 valence electrons. The van der Waals surface area contributed by atoms with Crippen LogP contribution in [0.4, 0.5) is 5.69 Å². The number of carbonyl (C=O) groups is 3. The summed E-state index contributed by atoms with van der Waals surface area (Å²) in [5.74, 6) is 0.440. The second-order valence-corrected chi connectivity index (χ2v) is 10.5. The topological polar surface area (TPSA) is 84.9 Å². The minimum Gasteiger partial charge on any atom is -0.493 e. The summed E-state index contributed by atoms with van der Waals surface area (Å²) in [5, 5.41) is 2.89. The van der Waals surface area contributed by atoms with E-state index >= 15 is 0 Å². The van der Waals surface area contributed by atoms with Crippen molar-refractivity contribution in [1.29, 1.82) is 0 Å². The van der Waals surface area contributed by atoms with Crippen molar-refractivity contribution in [2.45, 2.75) is 65.2 Å². The van der Waals surface area contributed by atoms with Gasteiger partial charge in [0.05, 0.1) is 7.11 Å². The molecule has 5 rings (SSSR count). The fourth-order valence-electron chi connectivity index (χ4n) is 6.20. The highest BCUT2D eigenvalue weighted by Crippen LogP contribution is 2.49. The molecule has 2 aromatic rings. The van der Waals surface area contributed by atoms with Gasteiger partial charge in [-0.05, 0) is 75.8 Å². The SMILES string of the molecule is CCN1C2=C(C(=O)CCC2)C(c2ccc(OCC(=O)Nc3ccc(C)cc3C)c(OC)c2)C2=C1CCCC2=O. The summed E-state index contributed by atoms with van der Waals surface area (Å²) in [6, 6.07) is 11.4. The second-order valence-electron chi connectivity index (χ2n) is 10.5. The number of carbonyl (C=O) groups excluding carboxylic acids is 3. The molecule has 0 saturated heterocycles. The minimum atomic E-state index is -0.408. The maximum absolute atomic E-state index is 13.3. The van der Waals surface area contributed by atoms with Gasteiger partial charge in [0.15, 0.2) is 29.7 Å². The average molecular weight is 529 g/mol. The molecule has 39 heavy (non-hydrogen) atoms. The van der Waals surface area contributed by atoms with E-state index < -0.39 is 5.92 Å². The molecule has 1 N–H and O–H groups in total. The van der Waals surface area contributed by atoms with Crippen LogP contribution in [-0.2, 0) is 14.4 Å². The van der Waals surface area contributed by atoms with Gasteiger partial charge >= 0.3 is 0 Å². The van der Waals surface area contributed by atoms with Gasteiger partial charge in [0.25, 0.3) is 5.91 Å². The number of ether oxygens (including phenoxy) is 2. The Labute approximate surface area is 229 Å². The van der Waals surface area contributed by atoms with E-state index in [1.54, 1.807) is 13.2 Å². The first kappa shape index (κ1) is 26.7. The molecule has 1 heterocycles. The Morgan fingerprint density at radius 2 is 1.59 bits per heavy atom. The molecule has 7 heteroatoms. The summed E-state index contributed by atoms with van der Waals surface area (Å²) in [5.41, 5.74) is 7.32. The summed E-state index contributed by atoms with van der Waals surface area (Å²) in [6.45, 7) is 6.60. The zero-order valence-corrected chi connectivity index (χ0v) is 23.2. The fourth-order valence-corrected chi connectivity index (χ4v) is 6.20. The Morgan fingerprint density at radius 3 is 2.18 bits per heavy atom. The van der Waals surface area contributed by atoms with Crippen molar-refractivity contribution in [3.63, 3.8) is 0 Å². The van der Waals surface area contributed by atoms with E-state index in [1.165, 1.54) is 0 Å². The van der Waals surface area contributed by atoms with Crippen LogP contribution in [0.3, 0.4) is 0 Å². The molecule has 0 radical (unpaired) electrons. The number of hydrogen-bond acceptors (Lipinski definition) is 6. The van der Waals surface area contributed by atoms with Crippen LogP contribution in [0.15, 0.2) is 58.9 Å². The third-order valence-electron chi connectivity index (χ3n) is 7.94. The van der Waals surface area contributed by atoms with Gasteiger partial charge in [0.1, 0.15) is 0 Å². The van der Waals surface area contributed by atoms with E-state index in [9.17, 15) is 14.4 Å². The molecule has 1 aliphatic heterocycles. The number of Topliss-reactive ketones (excluding diaryl/α,β-unsaturated/α-hetero) is 2. The molecular weight excluding hydrogens is 492 g/mol. The van der Waals surface area contributed by atoms with Crippen LogP contribution in [-0.4, -0.2) is 42.6 Å². The first-order chi connectivity index (χ1) is 18.8. The third kappa shape index (κ3) is 5.10. The summed E-state index contributed by atoms with van der Waals surface area (Å²) in [7, 11) is 1.55. The number of hydrogen-bond donors (Lipinski definition) is 1. The van der Waals surface area contributed by atoms with Gasteiger partial charge in [-0.15, -0.1) is 0 Å². The predicted molar refractivity (Wildman–Crippen MR) is 150 cm³/mol. The normalized spacial score (nSPS) is 17.7. The Hall–Kier alpha value is -3.87. The van der Waals surface area contributed by atoms with Crippen molar-refractivity contribution in [3.8, 4) is 11.5 Å². The maximum atomic E-state index is 13.3. The Balaban J connectivity index is 1.44. The number of nitrogens with zero attached hydrogens (tertiary/aromatic N) is 1. The highest BCUT2D eigenvalue weighted by Gasteiger charge is 2.43. The highest BCUT2D eigenvalue weighted by atomic mass is 16.5. The van der Waals surface area contributed by atoms with Crippen molar-refractivity contribution in [1.82, 2.24) is 4.90 Å². The number of aryl methyl sites for hydroxylation is 2. The molecule has 0 bridgehead atoms. The predicted octanol–water partition coefficient (Wildman–Crippen LogP) is 5.76. The van der Waals surface area contributed by atoms with Gasteiger partial charge in [-0.25, -0.2) is 0 Å². The second kappa shape index (κ2) is 11.1. The zero-order valence-electron chi connectivity index (χ0n) is 23.2. The van der Waals surface area contributed by atoms with Crippen LogP contribution in [0.2, 0.25) is 0 Å². The molecule has 7 nitrogen and oxygen atoms in total. The summed E-state index contributed by atoms with van der Waals surface area (Å²) < 4.78 is 11.5. The number of ketones is 2. The van der Waals surface area contributed by atoms with E-state index in [1.807, 2.05) is 44.2 Å². The molecule has 0 saturated carbocycles. The molecule has 0 aromatic heterocycles. The van der Waals surface area contributed by atoms with Crippen LogP contribution in [0.25, 0.3) is 0 Å².